The van der Waals surface area contributed by atoms with Crippen LogP contribution >= 0.6 is 0 Å². The molecule has 1 fully saturated rings. The van der Waals surface area contributed by atoms with Gasteiger partial charge in [0.05, 0.1) is 17.8 Å². The van der Waals surface area contributed by atoms with E-state index in [0.29, 0.717) is 6.42 Å². The molecule has 116 valence electrons. The molecule has 2 atom stereocenters. The molecule has 0 spiro atoms. The van der Waals surface area contributed by atoms with Crippen LogP contribution in [0.2, 0.25) is 0 Å². The summed E-state index contributed by atoms with van der Waals surface area (Å²) in [6, 6.07) is 14.4. The lowest BCUT2D eigenvalue weighted by Gasteiger charge is -2.29. The predicted molar refractivity (Wildman–Crippen MR) is 88.5 cm³/mol. The Labute approximate surface area is 132 Å². The van der Waals surface area contributed by atoms with E-state index >= 15 is 0 Å². The third-order valence-electron chi connectivity index (χ3n) is 4.52. The fraction of sp³-hybridized carbons (Fsp3) is 0.421. The van der Waals surface area contributed by atoms with E-state index in [1.54, 1.807) is 0 Å². The summed E-state index contributed by atoms with van der Waals surface area (Å²) in [5, 5.41) is 10.6. The van der Waals surface area contributed by atoms with Crippen LogP contribution in [0.15, 0.2) is 48.7 Å². The SMILES string of the molecule is Cc1ccc(C(O)CC(c2ccccn2)N2CCCC2)cc1. The fourth-order valence-corrected chi connectivity index (χ4v) is 3.22. The minimum absolute atomic E-state index is 0.194. The molecule has 22 heavy (non-hydrogen) atoms. The molecule has 0 amide bonds. The first-order chi connectivity index (χ1) is 10.7. The summed E-state index contributed by atoms with van der Waals surface area (Å²) >= 11 is 0. The number of pyridine rings is 1. The van der Waals surface area contributed by atoms with Gasteiger partial charge in [0.2, 0.25) is 0 Å². The molecule has 2 unspecified atom stereocenters. The molecule has 3 nitrogen and oxygen atoms in total. The minimum Gasteiger partial charge on any atom is -0.388 e. The lowest BCUT2D eigenvalue weighted by atomic mass is 9.98. The van der Waals surface area contributed by atoms with Crippen molar-refractivity contribution >= 4 is 0 Å². The van der Waals surface area contributed by atoms with Gasteiger partial charge in [-0.05, 0) is 57.0 Å². The molecule has 1 aromatic heterocycles. The third-order valence-corrected chi connectivity index (χ3v) is 4.52. The molecule has 0 bridgehead atoms. The lowest BCUT2D eigenvalue weighted by molar-refractivity contribution is 0.111. The summed E-state index contributed by atoms with van der Waals surface area (Å²) in [6.07, 6.45) is 4.57. The highest BCUT2D eigenvalue weighted by Crippen LogP contribution is 2.32. The minimum atomic E-state index is -0.451. The van der Waals surface area contributed by atoms with Crippen molar-refractivity contribution < 1.29 is 5.11 Å². The van der Waals surface area contributed by atoms with Crippen LogP contribution < -0.4 is 0 Å². The van der Waals surface area contributed by atoms with Gasteiger partial charge in [0.15, 0.2) is 0 Å². The van der Waals surface area contributed by atoms with Gasteiger partial charge in [-0.15, -0.1) is 0 Å². The molecular formula is C19H24N2O. The molecule has 3 rings (SSSR count). The van der Waals surface area contributed by atoms with Crippen LogP contribution in [0.5, 0.6) is 0 Å². The van der Waals surface area contributed by atoms with Crippen molar-refractivity contribution in [3.8, 4) is 0 Å². The Morgan fingerprint density at radius 1 is 1.09 bits per heavy atom. The number of hydrogen-bond acceptors (Lipinski definition) is 3. The van der Waals surface area contributed by atoms with Gasteiger partial charge in [-0.25, -0.2) is 0 Å². The number of likely N-dealkylation sites (tertiary alicyclic amines) is 1. The molecule has 2 heterocycles. The van der Waals surface area contributed by atoms with Gasteiger partial charge in [-0.1, -0.05) is 35.9 Å². The fourth-order valence-electron chi connectivity index (χ4n) is 3.22. The average molecular weight is 296 g/mol. The van der Waals surface area contributed by atoms with Gasteiger partial charge in [0.25, 0.3) is 0 Å². The highest BCUT2D eigenvalue weighted by molar-refractivity contribution is 5.23. The first-order valence-electron chi connectivity index (χ1n) is 8.13. The van der Waals surface area contributed by atoms with Gasteiger partial charge in [-0.3, -0.25) is 9.88 Å². The van der Waals surface area contributed by atoms with Gasteiger partial charge in [-0.2, -0.15) is 0 Å². The Kier molecular flexibility index (Phi) is 4.86. The Hall–Kier alpha value is -1.71. The number of aliphatic hydroxyl groups is 1. The van der Waals surface area contributed by atoms with Crippen LogP contribution in [-0.2, 0) is 0 Å². The second kappa shape index (κ2) is 7.03. The Morgan fingerprint density at radius 2 is 1.82 bits per heavy atom. The molecular weight excluding hydrogens is 272 g/mol. The van der Waals surface area contributed by atoms with Crippen molar-refractivity contribution in [1.29, 1.82) is 0 Å². The largest absolute Gasteiger partial charge is 0.388 e. The Balaban J connectivity index is 1.78. The first-order valence-corrected chi connectivity index (χ1v) is 8.13. The van der Waals surface area contributed by atoms with Crippen LogP contribution in [0.4, 0.5) is 0 Å². The van der Waals surface area contributed by atoms with E-state index in [9.17, 15) is 5.11 Å². The van der Waals surface area contributed by atoms with Crippen molar-refractivity contribution in [1.82, 2.24) is 9.88 Å². The highest BCUT2D eigenvalue weighted by atomic mass is 16.3. The Morgan fingerprint density at radius 3 is 2.45 bits per heavy atom. The summed E-state index contributed by atoms with van der Waals surface area (Å²) in [7, 11) is 0. The monoisotopic (exact) mass is 296 g/mol. The Bertz CT molecular complexity index is 576. The van der Waals surface area contributed by atoms with Gasteiger partial charge < -0.3 is 5.11 Å². The van der Waals surface area contributed by atoms with Crippen LogP contribution in [0.1, 0.15) is 48.2 Å². The van der Waals surface area contributed by atoms with E-state index in [1.807, 2.05) is 30.5 Å². The number of benzene rings is 1. The molecule has 0 radical (unpaired) electrons. The van der Waals surface area contributed by atoms with E-state index < -0.39 is 6.10 Å². The number of rotatable bonds is 5. The molecule has 3 heteroatoms. The maximum atomic E-state index is 10.6. The van der Waals surface area contributed by atoms with Gasteiger partial charge in [0.1, 0.15) is 0 Å². The van der Waals surface area contributed by atoms with Crippen LogP contribution in [0.25, 0.3) is 0 Å². The third kappa shape index (κ3) is 3.54. The maximum absolute atomic E-state index is 10.6. The molecule has 0 saturated carbocycles. The summed E-state index contributed by atoms with van der Waals surface area (Å²) in [6.45, 7) is 4.26. The lowest BCUT2D eigenvalue weighted by Crippen LogP contribution is -2.28. The van der Waals surface area contributed by atoms with Crippen molar-refractivity contribution in [3.63, 3.8) is 0 Å². The molecule has 1 N–H and O–H groups in total. The second-order valence-electron chi connectivity index (χ2n) is 6.18. The smallest absolute Gasteiger partial charge is 0.0808 e. The number of aromatic nitrogens is 1. The zero-order valence-corrected chi connectivity index (χ0v) is 13.2. The molecule has 1 aliphatic rings. The number of nitrogens with zero attached hydrogens (tertiary/aromatic N) is 2. The number of aryl methyl sites for hydroxylation is 1. The molecule has 1 aliphatic heterocycles. The molecule has 2 aromatic rings. The van der Waals surface area contributed by atoms with Crippen molar-refractivity contribution in [2.45, 2.75) is 38.3 Å². The average Bonchev–Trinajstić information content (AvgIpc) is 3.08. The predicted octanol–water partition coefficient (Wildman–Crippen LogP) is 3.65. The zero-order chi connectivity index (χ0) is 15.4. The normalized spacial score (nSPS) is 18.3. The number of aliphatic hydroxyl groups excluding tert-OH is 1. The molecule has 0 aliphatic carbocycles. The van der Waals surface area contributed by atoms with Crippen molar-refractivity contribution in [3.05, 3.63) is 65.5 Å². The quantitative estimate of drug-likeness (QED) is 0.915. The maximum Gasteiger partial charge on any atom is 0.0808 e. The van der Waals surface area contributed by atoms with E-state index in [1.165, 1.54) is 18.4 Å². The topological polar surface area (TPSA) is 36.4 Å². The van der Waals surface area contributed by atoms with Gasteiger partial charge >= 0.3 is 0 Å². The summed E-state index contributed by atoms with van der Waals surface area (Å²) in [5.41, 5.74) is 3.28. The number of hydrogen-bond donors (Lipinski definition) is 1. The van der Waals surface area contributed by atoms with Gasteiger partial charge in [0, 0.05) is 6.20 Å². The van der Waals surface area contributed by atoms with Crippen molar-refractivity contribution in [2.24, 2.45) is 0 Å². The van der Waals surface area contributed by atoms with E-state index in [2.05, 4.69) is 35.0 Å². The van der Waals surface area contributed by atoms with E-state index in [0.717, 1.165) is 24.3 Å². The standard InChI is InChI=1S/C19H24N2O/c1-15-7-9-16(10-8-15)19(22)14-18(21-12-4-5-13-21)17-6-2-3-11-20-17/h2-3,6-11,18-19,22H,4-5,12-14H2,1H3. The van der Waals surface area contributed by atoms with Crippen molar-refractivity contribution in [2.75, 3.05) is 13.1 Å². The van der Waals surface area contributed by atoms with Crippen LogP contribution in [-0.4, -0.2) is 28.1 Å². The highest BCUT2D eigenvalue weighted by Gasteiger charge is 2.27. The summed E-state index contributed by atoms with van der Waals surface area (Å²) in [4.78, 5) is 6.99. The molecule has 1 aromatic carbocycles. The second-order valence-corrected chi connectivity index (χ2v) is 6.18. The van der Waals surface area contributed by atoms with Crippen LogP contribution in [0.3, 0.4) is 0 Å². The summed E-state index contributed by atoms with van der Waals surface area (Å²) in [5.74, 6) is 0. The molecule has 1 saturated heterocycles. The summed E-state index contributed by atoms with van der Waals surface area (Å²) < 4.78 is 0. The zero-order valence-electron chi connectivity index (χ0n) is 13.2. The first kappa shape index (κ1) is 15.2. The van der Waals surface area contributed by atoms with E-state index in [4.69, 9.17) is 0 Å². The van der Waals surface area contributed by atoms with Crippen LogP contribution in [0, 0.1) is 6.92 Å². The van der Waals surface area contributed by atoms with E-state index in [-0.39, 0.29) is 6.04 Å².